The molecular weight excluding hydrogens is 214 g/mol. The zero-order valence-electron chi connectivity index (χ0n) is 8.65. The zero-order valence-corrected chi connectivity index (χ0v) is 9.47. The molecule has 0 aromatic heterocycles. The fourth-order valence-corrected chi connectivity index (χ4v) is 3.28. The standard InChI is InChI=1S/C10H13NO3S/c1-7-5-8-6-9(14-2)3-4-10(8)15(12,13)11-7/h3-4,6-7,11H,5H2,1-2H3. The van der Waals surface area contributed by atoms with Crippen molar-refractivity contribution in [1.82, 2.24) is 4.72 Å². The lowest BCUT2D eigenvalue weighted by molar-refractivity contribution is 0.413. The van der Waals surface area contributed by atoms with E-state index >= 15 is 0 Å². The maximum Gasteiger partial charge on any atom is 0.241 e. The lowest BCUT2D eigenvalue weighted by Crippen LogP contribution is -2.38. The first-order valence-corrected chi connectivity index (χ1v) is 6.20. The molecule has 4 nitrogen and oxygen atoms in total. The first kappa shape index (κ1) is 10.4. The van der Waals surface area contributed by atoms with Crippen LogP contribution in [-0.4, -0.2) is 21.6 Å². The van der Waals surface area contributed by atoms with Crippen LogP contribution in [0.15, 0.2) is 23.1 Å². The van der Waals surface area contributed by atoms with Crippen LogP contribution in [0.3, 0.4) is 0 Å². The molecule has 0 amide bonds. The Kier molecular flexibility index (Phi) is 2.44. The first-order valence-electron chi connectivity index (χ1n) is 4.72. The van der Waals surface area contributed by atoms with Crippen LogP contribution in [0.5, 0.6) is 5.75 Å². The van der Waals surface area contributed by atoms with Crippen LogP contribution in [0, 0.1) is 0 Å². The number of hydrogen-bond donors (Lipinski definition) is 1. The molecule has 0 spiro atoms. The summed E-state index contributed by atoms with van der Waals surface area (Å²) < 4.78 is 31.1. The Bertz CT molecular complexity index is 481. The molecule has 1 unspecified atom stereocenters. The minimum absolute atomic E-state index is 0.0605. The molecule has 0 bridgehead atoms. The Hall–Kier alpha value is -1.07. The molecule has 0 saturated carbocycles. The second-order valence-corrected chi connectivity index (χ2v) is 5.38. The summed E-state index contributed by atoms with van der Waals surface area (Å²) in [4.78, 5) is 0.362. The summed E-state index contributed by atoms with van der Waals surface area (Å²) in [5.74, 6) is 0.693. The first-order chi connectivity index (χ1) is 7.03. The smallest absolute Gasteiger partial charge is 0.241 e. The predicted octanol–water partition coefficient (Wildman–Crippen LogP) is 0.918. The maximum absolute atomic E-state index is 11.7. The SMILES string of the molecule is COc1ccc2c(c1)CC(C)NS2(=O)=O. The van der Waals surface area contributed by atoms with Gasteiger partial charge in [0.1, 0.15) is 5.75 Å². The van der Waals surface area contributed by atoms with Gasteiger partial charge in [0, 0.05) is 6.04 Å². The van der Waals surface area contributed by atoms with Crippen LogP contribution in [-0.2, 0) is 16.4 Å². The molecule has 5 heteroatoms. The highest BCUT2D eigenvalue weighted by Gasteiger charge is 2.27. The van der Waals surface area contributed by atoms with Crippen molar-refractivity contribution in [3.05, 3.63) is 23.8 Å². The van der Waals surface area contributed by atoms with E-state index in [-0.39, 0.29) is 6.04 Å². The van der Waals surface area contributed by atoms with Crippen molar-refractivity contribution >= 4 is 10.0 Å². The summed E-state index contributed by atoms with van der Waals surface area (Å²) in [6.45, 7) is 1.85. The van der Waals surface area contributed by atoms with Crippen molar-refractivity contribution in [3.63, 3.8) is 0 Å². The lowest BCUT2D eigenvalue weighted by atomic mass is 10.1. The van der Waals surface area contributed by atoms with Gasteiger partial charge in [0.15, 0.2) is 0 Å². The highest BCUT2D eigenvalue weighted by atomic mass is 32.2. The molecule has 82 valence electrons. The Morgan fingerprint density at radius 1 is 1.47 bits per heavy atom. The van der Waals surface area contributed by atoms with E-state index in [0.717, 1.165) is 5.56 Å². The van der Waals surface area contributed by atoms with Crippen molar-refractivity contribution in [2.45, 2.75) is 24.3 Å². The van der Waals surface area contributed by atoms with Crippen LogP contribution in [0.4, 0.5) is 0 Å². The molecule has 1 atom stereocenters. The number of ether oxygens (including phenoxy) is 1. The van der Waals surface area contributed by atoms with Crippen LogP contribution >= 0.6 is 0 Å². The monoisotopic (exact) mass is 227 g/mol. The molecule has 0 saturated heterocycles. The van der Waals surface area contributed by atoms with Gasteiger partial charge >= 0.3 is 0 Å². The van der Waals surface area contributed by atoms with Crippen molar-refractivity contribution in [1.29, 1.82) is 0 Å². The largest absolute Gasteiger partial charge is 0.497 e. The lowest BCUT2D eigenvalue weighted by Gasteiger charge is -2.23. The summed E-state index contributed by atoms with van der Waals surface area (Å²) >= 11 is 0. The molecule has 1 aliphatic heterocycles. The van der Waals surface area contributed by atoms with Gasteiger partial charge in [-0.1, -0.05) is 0 Å². The molecule has 15 heavy (non-hydrogen) atoms. The normalized spacial score (nSPS) is 23.2. The van der Waals surface area contributed by atoms with Crippen LogP contribution < -0.4 is 9.46 Å². The number of sulfonamides is 1. The second-order valence-electron chi connectivity index (χ2n) is 3.70. The molecule has 0 aliphatic carbocycles. The van der Waals surface area contributed by atoms with E-state index in [4.69, 9.17) is 4.74 Å². The Labute approximate surface area is 89.3 Å². The van der Waals surface area contributed by atoms with Crippen molar-refractivity contribution in [3.8, 4) is 5.75 Å². The molecule has 2 rings (SSSR count). The highest BCUT2D eigenvalue weighted by Crippen LogP contribution is 2.26. The number of rotatable bonds is 1. The van der Waals surface area contributed by atoms with Crippen molar-refractivity contribution < 1.29 is 13.2 Å². The number of fused-ring (bicyclic) bond motifs is 1. The summed E-state index contributed by atoms with van der Waals surface area (Å²) in [6, 6.07) is 4.97. The Balaban J connectivity index is 2.57. The van der Waals surface area contributed by atoms with Gasteiger partial charge in [-0.25, -0.2) is 13.1 Å². The molecule has 1 aromatic carbocycles. The Morgan fingerprint density at radius 3 is 2.87 bits per heavy atom. The van der Waals surface area contributed by atoms with Gasteiger partial charge in [-0.2, -0.15) is 0 Å². The maximum atomic E-state index is 11.7. The molecular formula is C10H13NO3S. The van der Waals surface area contributed by atoms with Gasteiger partial charge < -0.3 is 4.74 Å². The third kappa shape index (κ3) is 1.85. The molecule has 1 N–H and O–H groups in total. The van der Waals surface area contributed by atoms with Gasteiger partial charge in [-0.3, -0.25) is 0 Å². The molecule has 0 radical (unpaired) electrons. The topological polar surface area (TPSA) is 55.4 Å². The molecule has 1 aromatic rings. The van der Waals surface area contributed by atoms with E-state index in [9.17, 15) is 8.42 Å². The fraction of sp³-hybridized carbons (Fsp3) is 0.400. The van der Waals surface area contributed by atoms with Gasteiger partial charge in [-0.15, -0.1) is 0 Å². The minimum Gasteiger partial charge on any atom is -0.497 e. The van der Waals surface area contributed by atoms with Gasteiger partial charge in [0.2, 0.25) is 10.0 Å². The van der Waals surface area contributed by atoms with E-state index in [0.29, 0.717) is 17.1 Å². The number of benzene rings is 1. The summed E-state index contributed by atoms with van der Waals surface area (Å²) in [7, 11) is -1.75. The predicted molar refractivity (Wildman–Crippen MR) is 56.5 cm³/mol. The summed E-state index contributed by atoms with van der Waals surface area (Å²) in [5, 5.41) is 0. The van der Waals surface area contributed by atoms with Gasteiger partial charge in [0.25, 0.3) is 0 Å². The average Bonchev–Trinajstić information content (AvgIpc) is 2.15. The van der Waals surface area contributed by atoms with E-state index in [2.05, 4.69) is 4.72 Å². The van der Waals surface area contributed by atoms with Crippen LogP contribution in [0.1, 0.15) is 12.5 Å². The zero-order chi connectivity index (χ0) is 11.1. The molecule has 1 aliphatic rings. The number of hydrogen-bond acceptors (Lipinski definition) is 3. The van der Waals surface area contributed by atoms with E-state index < -0.39 is 10.0 Å². The Morgan fingerprint density at radius 2 is 2.20 bits per heavy atom. The quantitative estimate of drug-likeness (QED) is 0.776. The van der Waals surface area contributed by atoms with E-state index in [1.807, 2.05) is 6.92 Å². The van der Waals surface area contributed by atoms with Gasteiger partial charge in [0.05, 0.1) is 12.0 Å². The van der Waals surface area contributed by atoms with E-state index in [1.54, 1.807) is 25.3 Å². The van der Waals surface area contributed by atoms with Crippen molar-refractivity contribution in [2.75, 3.05) is 7.11 Å². The molecule has 1 heterocycles. The summed E-state index contributed by atoms with van der Waals surface area (Å²) in [5.41, 5.74) is 0.820. The second kappa shape index (κ2) is 3.50. The fourth-order valence-electron chi connectivity index (χ4n) is 1.80. The van der Waals surface area contributed by atoms with Crippen LogP contribution in [0.25, 0.3) is 0 Å². The average molecular weight is 227 g/mol. The number of methoxy groups -OCH3 is 1. The van der Waals surface area contributed by atoms with Gasteiger partial charge in [-0.05, 0) is 37.1 Å². The van der Waals surface area contributed by atoms with Crippen LogP contribution in [0.2, 0.25) is 0 Å². The summed E-state index contributed by atoms with van der Waals surface area (Å²) in [6.07, 6.45) is 0.700. The third-order valence-electron chi connectivity index (χ3n) is 2.44. The molecule has 0 fully saturated rings. The number of nitrogens with one attached hydrogen (secondary N) is 1. The van der Waals surface area contributed by atoms with Crippen molar-refractivity contribution in [2.24, 2.45) is 0 Å². The van der Waals surface area contributed by atoms with E-state index in [1.165, 1.54) is 0 Å². The minimum atomic E-state index is -3.32. The highest BCUT2D eigenvalue weighted by molar-refractivity contribution is 7.89. The third-order valence-corrected chi connectivity index (χ3v) is 4.13.